The standard InChI is InChI=1S/C22H28NO3/c1-23(2)15-16-25-22(17-23)26-21(24)14-13-20(18-9-5-3-6-10-18)19-11-7-4-8-12-19/h3-12,20,22H,13-17H2,1-2H3/q+1. The second-order valence-electron chi connectivity index (χ2n) is 7.54. The molecule has 0 radical (unpaired) electrons. The lowest BCUT2D eigenvalue weighted by atomic mass is 9.87. The van der Waals surface area contributed by atoms with Gasteiger partial charge in [0.2, 0.25) is 0 Å². The number of rotatable bonds is 6. The molecule has 0 aliphatic carbocycles. The number of quaternary nitrogens is 1. The molecule has 1 saturated heterocycles. The van der Waals surface area contributed by atoms with E-state index in [1.165, 1.54) is 11.1 Å². The van der Waals surface area contributed by atoms with Crippen molar-refractivity contribution in [3.8, 4) is 0 Å². The average molecular weight is 354 g/mol. The van der Waals surface area contributed by atoms with Gasteiger partial charge in [0.15, 0.2) is 0 Å². The lowest BCUT2D eigenvalue weighted by Crippen LogP contribution is -2.53. The van der Waals surface area contributed by atoms with Crippen LogP contribution in [0.1, 0.15) is 29.9 Å². The van der Waals surface area contributed by atoms with Crippen LogP contribution in [0.25, 0.3) is 0 Å². The quantitative estimate of drug-likeness (QED) is 0.588. The number of hydrogen-bond donors (Lipinski definition) is 0. The van der Waals surface area contributed by atoms with Crippen molar-refractivity contribution in [3.63, 3.8) is 0 Å². The lowest BCUT2D eigenvalue weighted by molar-refractivity contribution is -0.905. The van der Waals surface area contributed by atoms with Crippen LogP contribution in [0.15, 0.2) is 60.7 Å². The summed E-state index contributed by atoms with van der Waals surface area (Å²) in [4.78, 5) is 12.4. The van der Waals surface area contributed by atoms with Gasteiger partial charge in [-0.25, -0.2) is 0 Å². The molecule has 0 bridgehead atoms. The van der Waals surface area contributed by atoms with Crippen LogP contribution < -0.4 is 0 Å². The summed E-state index contributed by atoms with van der Waals surface area (Å²) in [5, 5.41) is 0. The Morgan fingerprint density at radius 2 is 1.65 bits per heavy atom. The van der Waals surface area contributed by atoms with Crippen molar-refractivity contribution in [1.82, 2.24) is 0 Å². The van der Waals surface area contributed by atoms with Crippen molar-refractivity contribution < 1.29 is 18.8 Å². The Hall–Kier alpha value is -2.17. The average Bonchev–Trinajstić information content (AvgIpc) is 2.63. The molecule has 26 heavy (non-hydrogen) atoms. The van der Waals surface area contributed by atoms with E-state index < -0.39 is 6.29 Å². The molecule has 2 aromatic carbocycles. The monoisotopic (exact) mass is 354 g/mol. The van der Waals surface area contributed by atoms with Gasteiger partial charge in [0.25, 0.3) is 6.29 Å². The fourth-order valence-corrected chi connectivity index (χ4v) is 3.41. The fourth-order valence-electron chi connectivity index (χ4n) is 3.41. The van der Waals surface area contributed by atoms with Crippen LogP contribution in [-0.2, 0) is 14.3 Å². The largest absolute Gasteiger partial charge is 0.429 e. The second kappa shape index (κ2) is 8.47. The Labute approximate surface area is 155 Å². The molecular formula is C22H28NO3+. The molecule has 1 aliphatic rings. The summed E-state index contributed by atoms with van der Waals surface area (Å²) in [6.07, 6.45) is 0.665. The molecule has 0 spiro atoms. The summed E-state index contributed by atoms with van der Waals surface area (Å²) in [5.41, 5.74) is 2.44. The number of nitrogens with zero attached hydrogens (tertiary/aromatic N) is 1. The number of carbonyl (C=O) groups excluding carboxylic acids is 1. The molecule has 138 valence electrons. The van der Waals surface area contributed by atoms with Gasteiger partial charge >= 0.3 is 5.97 Å². The van der Waals surface area contributed by atoms with E-state index in [9.17, 15) is 4.79 Å². The van der Waals surface area contributed by atoms with Gasteiger partial charge in [0, 0.05) is 12.3 Å². The fraction of sp³-hybridized carbons (Fsp3) is 0.409. The van der Waals surface area contributed by atoms with Gasteiger partial charge < -0.3 is 14.0 Å². The van der Waals surface area contributed by atoms with E-state index in [1.54, 1.807) is 0 Å². The normalized spacial score (nSPS) is 19.3. The molecule has 1 fully saturated rings. The van der Waals surface area contributed by atoms with E-state index in [2.05, 4.69) is 38.4 Å². The van der Waals surface area contributed by atoms with Crippen LogP contribution in [0.5, 0.6) is 0 Å². The molecule has 0 aromatic heterocycles. The maximum atomic E-state index is 12.4. The van der Waals surface area contributed by atoms with Crippen LogP contribution in [-0.4, -0.2) is 50.5 Å². The van der Waals surface area contributed by atoms with E-state index in [0.29, 0.717) is 19.6 Å². The summed E-state index contributed by atoms with van der Waals surface area (Å²) in [7, 11) is 4.26. The third-order valence-electron chi connectivity index (χ3n) is 4.95. The van der Waals surface area contributed by atoms with E-state index in [0.717, 1.165) is 17.4 Å². The molecule has 4 heteroatoms. The maximum Gasteiger partial charge on any atom is 0.308 e. The Morgan fingerprint density at radius 3 is 2.19 bits per heavy atom. The predicted octanol–water partition coefficient (Wildman–Crippen LogP) is 3.57. The first kappa shape index (κ1) is 18.6. The predicted molar refractivity (Wildman–Crippen MR) is 102 cm³/mol. The minimum Gasteiger partial charge on any atom is -0.429 e. The van der Waals surface area contributed by atoms with Crippen molar-refractivity contribution in [2.45, 2.75) is 25.0 Å². The molecule has 1 heterocycles. The van der Waals surface area contributed by atoms with Crippen LogP contribution in [0.2, 0.25) is 0 Å². The Morgan fingerprint density at radius 1 is 1.08 bits per heavy atom. The molecular weight excluding hydrogens is 326 g/mol. The summed E-state index contributed by atoms with van der Waals surface area (Å²) in [5.74, 6) is -0.00166. The first-order chi connectivity index (χ1) is 12.5. The van der Waals surface area contributed by atoms with Gasteiger partial charge in [0.05, 0.1) is 14.1 Å². The van der Waals surface area contributed by atoms with Gasteiger partial charge in [-0.15, -0.1) is 0 Å². The molecule has 4 nitrogen and oxygen atoms in total. The van der Waals surface area contributed by atoms with E-state index in [1.807, 2.05) is 36.4 Å². The highest BCUT2D eigenvalue weighted by Gasteiger charge is 2.30. The van der Waals surface area contributed by atoms with E-state index in [4.69, 9.17) is 9.47 Å². The van der Waals surface area contributed by atoms with Gasteiger partial charge in [-0.1, -0.05) is 60.7 Å². The number of hydrogen-bond acceptors (Lipinski definition) is 3. The summed E-state index contributed by atoms with van der Waals surface area (Å²) in [6.45, 7) is 2.27. The number of benzene rings is 2. The lowest BCUT2D eigenvalue weighted by Gasteiger charge is -2.37. The van der Waals surface area contributed by atoms with E-state index in [-0.39, 0.29) is 11.9 Å². The SMILES string of the molecule is C[N+]1(C)CCOC(OC(=O)CCC(c2ccccc2)c2ccccc2)C1. The highest BCUT2D eigenvalue weighted by molar-refractivity contribution is 5.69. The first-order valence-electron chi connectivity index (χ1n) is 9.26. The zero-order valence-electron chi connectivity index (χ0n) is 15.6. The van der Waals surface area contributed by atoms with Crippen molar-refractivity contribution in [2.75, 3.05) is 33.8 Å². The van der Waals surface area contributed by atoms with Crippen molar-refractivity contribution in [1.29, 1.82) is 0 Å². The number of ether oxygens (including phenoxy) is 2. The molecule has 1 aliphatic heterocycles. The third-order valence-corrected chi connectivity index (χ3v) is 4.95. The van der Waals surface area contributed by atoms with Gasteiger partial charge in [-0.2, -0.15) is 0 Å². The second-order valence-corrected chi connectivity index (χ2v) is 7.54. The number of esters is 1. The molecule has 0 amide bonds. The van der Waals surface area contributed by atoms with E-state index >= 15 is 0 Å². The maximum absolute atomic E-state index is 12.4. The van der Waals surface area contributed by atoms with Crippen molar-refractivity contribution in [3.05, 3.63) is 71.8 Å². The molecule has 2 aromatic rings. The van der Waals surface area contributed by atoms with Gasteiger partial charge in [-0.05, 0) is 17.5 Å². The van der Waals surface area contributed by atoms with Crippen LogP contribution in [0.4, 0.5) is 0 Å². The number of morpholine rings is 1. The van der Waals surface area contributed by atoms with Crippen molar-refractivity contribution >= 4 is 5.97 Å². The van der Waals surface area contributed by atoms with Crippen LogP contribution in [0.3, 0.4) is 0 Å². The Bertz CT molecular complexity index is 660. The molecule has 1 unspecified atom stereocenters. The highest BCUT2D eigenvalue weighted by atomic mass is 16.7. The first-order valence-corrected chi connectivity index (χ1v) is 9.26. The highest BCUT2D eigenvalue weighted by Crippen LogP contribution is 2.29. The number of carbonyl (C=O) groups is 1. The summed E-state index contributed by atoms with van der Waals surface area (Å²) >= 11 is 0. The van der Waals surface area contributed by atoms with Crippen LogP contribution in [0, 0.1) is 0 Å². The third kappa shape index (κ3) is 5.16. The number of likely N-dealkylation sites (N-methyl/N-ethyl adjacent to an activating group) is 1. The van der Waals surface area contributed by atoms with Crippen molar-refractivity contribution in [2.24, 2.45) is 0 Å². The van der Waals surface area contributed by atoms with Gasteiger partial charge in [-0.3, -0.25) is 4.79 Å². The molecule has 3 rings (SSSR count). The Balaban J connectivity index is 1.62. The summed E-state index contributed by atoms with van der Waals surface area (Å²) in [6, 6.07) is 20.7. The minimum absolute atomic E-state index is 0.185. The van der Waals surface area contributed by atoms with Gasteiger partial charge in [0.1, 0.15) is 19.7 Å². The zero-order valence-corrected chi connectivity index (χ0v) is 15.6. The molecule has 1 atom stereocenters. The molecule has 0 N–H and O–H groups in total. The molecule has 0 saturated carbocycles. The topological polar surface area (TPSA) is 35.5 Å². The minimum atomic E-state index is -0.432. The Kier molecular flexibility index (Phi) is 6.07. The zero-order chi connectivity index (χ0) is 18.4. The smallest absolute Gasteiger partial charge is 0.308 e. The summed E-state index contributed by atoms with van der Waals surface area (Å²) < 4.78 is 12.0. The van der Waals surface area contributed by atoms with Crippen LogP contribution >= 0.6 is 0 Å².